The van der Waals surface area contributed by atoms with Crippen LogP contribution in [0.5, 0.6) is 11.8 Å². The molecule has 0 fully saturated rings. The first kappa shape index (κ1) is 11.1. The summed E-state index contributed by atoms with van der Waals surface area (Å²) in [7, 11) is 1.48. The minimum absolute atomic E-state index is 0.0807. The Labute approximate surface area is 88.6 Å². The van der Waals surface area contributed by atoms with Crippen LogP contribution in [0, 0.1) is 12.3 Å². The van der Waals surface area contributed by atoms with Crippen molar-refractivity contribution in [3.05, 3.63) is 6.07 Å². The Bertz CT molecular complexity index is 396. The Morgan fingerprint density at radius 3 is 2.53 bits per heavy atom. The lowest BCUT2D eigenvalue weighted by molar-refractivity contribution is 0.164. The summed E-state index contributed by atoms with van der Waals surface area (Å²) < 4.78 is 10.3. The summed E-state index contributed by atoms with van der Waals surface area (Å²) >= 11 is 0. The number of anilines is 1. The van der Waals surface area contributed by atoms with Crippen molar-refractivity contribution in [2.24, 2.45) is 0 Å². The van der Waals surface area contributed by atoms with Crippen LogP contribution in [0.25, 0.3) is 0 Å². The molecule has 0 saturated carbocycles. The molecule has 1 aromatic heterocycles. The van der Waals surface area contributed by atoms with Gasteiger partial charge in [-0.1, -0.05) is 5.92 Å². The first-order chi connectivity index (χ1) is 6.96. The molecule has 0 spiro atoms. The second kappa shape index (κ2) is 4.05. The SMILES string of the molecule is C#CC(C)(C)Oc1cc(OC)nc(N)n1. The van der Waals surface area contributed by atoms with Gasteiger partial charge in [0.25, 0.3) is 0 Å². The van der Waals surface area contributed by atoms with Gasteiger partial charge in [-0.3, -0.25) is 0 Å². The smallest absolute Gasteiger partial charge is 0.226 e. The zero-order valence-corrected chi connectivity index (χ0v) is 8.94. The fourth-order valence-electron chi connectivity index (χ4n) is 0.869. The summed E-state index contributed by atoms with van der Waals surface area (Å²) in [5.74, 6) is 3.20. The average Bonchev–Trinajstić information content (AvgIpc) is 2.16. The number of nitrogens with two attached hydrogens (primary N) is 1. The number of nitrogen functional groups attached to an aromatic ring is 1. The highest BCUT2D eigenvalue weighted by atomic mass is 16.5. The van der Waals surface area contributed by atoms with E-state index in [2.05, 4.69) is 15.9 Å². The van der Waals surface area contributed by atoms with Gasteiger partial charge in [-0.05, 0) is 13.8 Å². The van der Waals surface area contributed by atoms with Gasteiger partial charge in [-0.25, -0.2) is 0 Å². The van der Waals surface area contributed by atoms with Crippen molar-refractivity contribution < 1.29 is 9.47 Å². The van der Waals surface area contributed by atoms with Crippen LogP contribution in [0.15, 0.2) is 6.07 Å². The van der Waals surface area contributed by atoms with Crippen LogP contribution in [0.1, 0.15) is 13.8 Å². The van der Waals surface area contributed by atoms with E-state index >= 15 is 0 Å². The quantitative estimate of drug-likeness (QED) is 0.744. The van der Waals surface area contributed by atoms with Gasteiger partial charge in [0, 0.05) is 0 Å². The van der Waals surface area contributed by atoms with Crippen LogP contribution in [0.2, 0.25) is 0 Å². The van der Waals surface area contributed by atoms with E-state index in [-0.39, 0.29) is 5.95 Å². The molecular formula is C10H13N3O2. The van der Waals surface area contributed by atoms with Gasteiger partial charge < -0.3 is 15.2 Å². The van der Waals surface area contributed by atoms with Crippen LogP contribution >= 0.6 is 0 Å². The third-order valence-electron chi connectivity index (χ3n) is 1.61. The molecule has 0 aliphatic heterocycles. The van der Waals surface area contributed by atoms with Crippen LogP contribution in [-0.2, 0) is 0 Å². The summed E-state index contributed by atoms with van der Waals surface area (Å²) in [5.41, 5.74) is 4.72. The zero-order valence-electron chi connectivity index (χ0n) is 8.94. The lowest BCUT2D eigenvalue weighted by atomic mass is 10.1. The predicted molar refractivity (Wildman–Crippen MR) is 56.5 cm³/mol. The van der Waals surface area contributed by atoms with Crippen LogP contribution in [-0.4, -0.2) is 22.7 Å². The topological polar surface area (TPSA) is 70.3 Å². The molecule has 1 rings (SSSR count). The second-order valence-corrected chi connectivity index (χ2v) is 3.36. The molecule has 0 aliphatic carbocycles. The van der Waals surface area contributed by atoms with Gasteiger partial charge >= 0.3 is 0 Å². The Hall–Kier alpha value is -1.96. The number of methoxy groups -OCH3 is 1. The fourth-order valence-corrected chi connectivity index (χ4v) is 0.869. The van der Waals surface area contributed by atoms with Crippen molar-refractivity contribution in [1.29, 1.82) is 0 Å². The van der Waals surface area contributed by atoms with Gasteiger partial charge in [-0.15, -0.1) is 6.42 Å². The number of hydrogen-bond donors (Lipinski definition) is 1. The number of terminal acetylenes is 1. The lowest BCUT2D eigenvalue weighted by Crippen LogP contribution is -2.26. The third kappa shape index (κ3) is 3.02. The molecule has 2 N–H and O–H groups in total. The number of ether oxygens (including phenoxy) is 2. The maximum absolute atomic E-state index is 5.46. The van der Waals surface area contributed by atoms with Crippen molar-refractivity contribution in [2.45, 2.75) is 19.4 Å². The van der Waals surface area contributed by atoms with Gasteiger partial charge in [0.15, 0.2) is 5.60 Å². The normalized spacial score (nSPS) is 10.5. The molecule has 5 nitrogen and oxygen atoms in total. The number of nitrogens with zero attached hydrogens (tertiary/aromatic N) is 2. The molecule has 80 valence electrons. The number of aromatic nitrogens is 2. The van der Waals surface area contributed by atoms with E-state index in [1.54, 1.807) is 13.8 Å². The van der Waals surface area contributed by atoms with Gasteiger partial charge in [0.05, 0.1) is 13.2 Å². The summed E-state index contributed by atoms with van der Waals surface area (Å²) in [6.07, 6.45) is 5.28. The molecule has 0 bridgehead atoms. The van der Waals surface area contributed by atoms with E-state index in [0.717, 1.165) is 0 Å². The minimum Gasteiger partial charge on any atom is -0.481 e. The molecule has 1 heterocycles. The van der Waals surface area contributed by atoms with Crippen LogP contribution < -0.4 is 15.2 Å². The van der Waals surface area contributed by atoms with Crippen LogP contribution in [0.4, 0.5) is 5.95 Å². The molecule has 0 aliphatic rings. The Kier molecular flexibility index (Phi) is 3.00. The summed E-state index contributed by atoms with van der Waals surface area (Å²) in [5, 5.41) is 0. The summed E-state index contributed by atoms with van der Waals surface area (Å²) in [6.45, 7) is 3.50. The first-order valence-corrected chi connectivity index (χ1v) is 4.32. The van der Waals surface area contributed by atoms with Crippen molar-refractivity contribution >= 4 is 5.95 Å². The molecule has 5 heteroatoms. The van der Waals surface area contributed by atoms with Crippen molar-refractivity contribution in [1.82, 2.24) is 9.97 Å². The molecule has 1 aromatic rings. The predicted octanol–water partition coefficient (Wildman–Crippen LogP) is 0.858. The molecular weight excluding hydrogens is 194 g/mol. The number of rotatable bonds is 3. The molecule has 0 atom stereocenters. The Morgan fingerprint density at radius 2 is 2.00 bits per heavy atom. The monoisotopic (exact) mass is 207 g/mol. The van der Waals surface area contributed by atoms with E-state index in [0.29, 0.717) is 11.8 Å². The maximum Gasteiger partial charge on any atom is 0.226 e. The molecule has 0 aromatic carbocycles. The molecule has 0 radical (unpaired) electrons. The Morgan fingerprint density at radius 1 is 1.40 bits per heavy atom. The van der Waals surface area contributed by atoms with Crippen molar-refractivity contribution in [3.8, 4) is 24.1 Å². The van der Waals surface area contributed by atoms with Gasteiger partial charge in [0.1, 0.15) is 0 Å². The number of hydrogen-bond acceptors (Lipinski definition) is 5. The van der Waals surface area contributed by atoms with E-state index in [4.69, 9.17) is 21.6 Å². The van der Waals surface area contributed by atoms with E-state index in [1.165, 1.54) is 13.2 Å². The molecule has 0 unspecified atom stereocenters. The van der Waals surface area contributed by atoms with Gasteiger partial charge in [-0.2, -0.15) is 9.97 Å². The van der Waals surface area contributed by atoms with E-state index in [9.17, 15) is 0 Å². The maximum atomic E-state index is 5.46. The molecule has 15 heavy (non-hydrogen) atoms. The summed E-state index contributed by atoms with van der Waals surface area (Å²) in [6, 6.07) is 1.52. The Balaban J connectivity index is 2.96. The van der Waals surface area contributed by atoms with Crippen LogP contribution in [0.3, 0.4) is 0 Å². The van der Waals surface area contributed by atoms with E-state index in [1.807, 2.05) is 0 Å². The highest BCUT2D eigenvalue weighted by Gasteiger charge is 2.17. The average molecular weight is 207 g/mol. The van der Waals surface area contributed by atoms with Crippen molar-refractivity contribution in [2.75, 3.05) is 12.8 Å². The first-order valence-electron chi connectivity index (χ1n) is 4.32. The fraction of sp³-hybridized carbons (Fsp3) is 0.400. The molecule has 0 amide bonds. The van der Waals surface area contributed by atoms with E-state index < -0.39 is 5.60 Å². The standard InChI is InChI=1S/C10H13N3O2/c1-5-10(2,3)15-8-6-7(14-4)12-9(11)13-8/h1,6H,2-4H3,(H2,11,12,13). The summed E-state index contributed by atoms with van der Waals surface area (Å²) in [4.78, 5) is 7.70. The second-order valence-electron chi connectivity index (χ2n) is 3.36. The highest BCUT2D eigenvalue weighted by molar-refractivity contribution is 5.30. The minimum atomic E-state index is -0.744. The van der Waals surface area contributed by atoms with Gasteiger partial charge in [0.2, 0.25) is 17.7 Å². The third-order valence-corrected chi connectivity index (χ3v) is 1.61. The largest absolute Gasteiger partial charge is 0.481 e. The van der Waals surface area contributed by atoms with Crippen molar-refractivity contribution in [3.63, 3.8) is 0 Å². The molecule has 0 saturated heterocycles. The zero-order chi connectivity index (χ0) is 11.5. The highest BCUT2D eigenvalue weighted by Crippen LogP contribution is 2.20. The lowest BCUT2D eigenvalue weighted by Gasteiger charge is -2.19.